The van der Waals surface area contributed by atoms with Crippen LogP contribution in [0.4, 0.5) is 0 Å². The van der Waals surface area contributed by atoms with Gasteiger partial charge in [0.2, 0.25) is 0 Å². The van der Waals surface area contributed by atoms with E-state index >= 15 is 0 Å². The minimum absolute atomic E-state index is 0.0316. The lowest BCUT2D eigenvalue weighted by Crippen LogP contribution is -2.14. The molecule has 0 heterocycles. The van der Waals surface area contributed by atoms with E-state index in [2.05, 4.69) is 0 Å². The van der Waals surface area contributed by atoms with Gasteiger partial charge in [0.1, 0.15) is 11.5 Å². The number of benzene rings is 1. The number of rotatable bonds is 6. The normalized spacial score (nSPS) is 12.2. The van der Waals surface area contributed by atoms with E-state index in [0.29, 0.717) is 18.6 Å². The topological polar surface area (TPSA) is 72.5 Å². The fraction of sp³-hybridized carbons (Fsp3) is 0.462. The van der Waals surface area contributed by atoms with Gasteiger partial charge in [0.05, 0.1) is 19.8 Å². The summed E-state index contributed by atoms with van der Waals surface area (Å²) in [5.41, 5.74) is 7.00. The maximum atomic E-state index is 11.1. The van der Waals surface area contributed by atoms with Gasteiger partial charge in [-0.25, -0.2) is 0 Å². The Kier molecular flexibility index (Phi) is 5.12. The van der Waals surface area contributed by atoms with E-state index < -0.39 is 6.10 Å². The number of ketones is 1. The molecule has 4 heteroatoms. The molecule has 0 amide bonds. The molecule has 1 rings (SSSR count). The van der Waals surface area contributed by atoms with Gasteiger partial charge in [0.25, 0.3) is 0 Å². The van der Waals surface area contributed by atoms with Gasteiger partial charge >= 0.3 is 0 Å². The maximum Gasteiger partial charge on any atom is 0.146 e. The summed E-state index contributed by atoms with van der Waals surface area (Å²) in [6, 6.07) is 5.56. The highest BCUT2D eigenvalue weighted by Gasteiger charge is 2.11. The number of hydrogen-bond donors (Lipinski definition) is 2. The number of aliphatic hydroxyl groups is 1. The molecule has 17 heavy (non-hydrogen) atoms. The third-order valence-electron chi connectivity index (χ3n) is 2.62. The Balaban J connectivity index is 2.71. The predicted octanol–water partition coefficient (Wildman–Crippen LogP) is 1.35. The first-order valence-electron chi connectivity index (χ1n) is 5.62. The van der Waals surface area contributed by atoms with E-state index in [1.54, 1.807) is 13.2 Å². The van der Waals surface area contributed by atoms with E-state index in [-0.39, 0.29) is 12.3 Å². The van der Waals surface area contributed by atoms with Gasteiger partial charge in [0, 0.05) is 6.42 Å². The Morgan fingerprint density at radius 1 is 1.47 bits per heavy atom. The molecule has 4 nitrogen and oxygen atoms in total. The number of nitrogens with two attached hydrogens (primary N) is 1. The van der Waals surface area contributed by atoms with E-state index in [9.17, 15) is 9.90 Å². The Morgan fingerprint density at radius 3 is 2.76 bits per heavy atom. The number of aryl methyl sites for hydroxylation is 1. The number of aliphatic hydroxyl groups excluding tert-OH is 1. The SMILES string of the molecule is COc1cc(C)cc(C(O)CCC(=O)CN)c1. The van der Waals surface area contributed by atoms with Crippen LogP contribution in [-0.2, 0) is 4.79 Å². The van der Waals surface area contributed by atoms with Crippen molar-refractivity contribution in [2.24, 2.45) is 5.73 Å². The van der Waals surface area contributed by atoms with Crippen LogP contribution in [0.5, 0.6) is 5.75 Å². The molecule has 0 radical (unpaired) electrons. The van der Waals surface area contributed by atoms with Crippen LogP contribution in [0.15, 0.2) is 18.2 Å². The quantitative estimate of drug-likeness (QED) is 0.783. The Hall–Kier alpha value is -1.39. The zero-order valence-corrected chi connectivity index (χ0v) is 10.3. The van der Waals surface area contributed by atoms with Gasteiger partial charge in [-0.1, -0.05) is 6.07 Å². The van der Waals surface area contributed by atoms with Crippen LogP contribution in [-0.4, -0.2) is 24.5 Å². The lowest BCUT2D eigenvalue weighted by Gasteiger charge is -2.12. The van der Waals surface area contributed by atoms with E-state index in [1.165, 1.54) is 0 Å². The van der Waals surface area contributed by atoms with Crippen LogP contribution >= 0.6 is 0 Å². The summed E-state index contributed by atoms with van der Waals surface area (Å²) in [6.45, 7) is 1.97. The van der Waals surface area contributed by atoms with Crippen molar-refractivity contribution in [3.05, 3.63) is 29.3 Å². The Labute approximate surface area is 101 Å². The van der Waals surface area contributed by atoms with Crippen molar-refractivity contribution < 1.29 is 14.6 Å². The molecule has 0 fully saturated rings. The molecule has 0 aromatic heterocycles. The summed E-state index contributed by atoms with van der Waals surface area (Å²) in [6.07, 6.45) is 0.0376. The smallest absolute Gasteiger partial charge is 0.146 e. The number of carbonyl (C=O) groups is 1. The summed E-state index contributed by atoms with van der Waals surface area (Å²) in [5.74, 6) is 0.674. The molecule has 0 saturated carbocycles. The first kappa shape index (κ1) is 13.7. The predicted molar refractivity (Wildman–Crippen MR) is 66.0 cm³/mol. The highest BCUT2D eigenvalue weighted by molar-refractivity contribution is 5.80. The zero-order chi connectivity index (χ0) is 12.8. The molecule has 0 bridgehead atoms. The van der Waals surface area contributed by atoms with Crippen LogP contribution in [0.3, 0.4) is 0 Å². The van der Waals surface area contributed by atoms with Crippen LogP contribution in [0.1, 0.15) is 30.1 Å². The first-order valence-corrected chi connectivity index (χ1v) is 5.62. The molecular formula is C13H19NO3. The molecule has 0 aliphatic carbocycles. The van der Waals surface area contributed by atoms with Crippen LogP contribution in [0.2, 0.25) is 0 Å². The fourth-order valence-corrected chi connectivity index (χ4v) is 1.65. The van der Waals surface area contributed by atoms with Crippen molar-refractivity contribution in [2.75, 3.05) is 13.7 Å². The summed E-state index contributed by atoms with van der Waals surface area (Å²) in [5, 5.41) is 9.96. The van der Waals surface area contributed by atoms with Crippen molar-refractivity contribution in [1.29, 1.82) is 0 Å². The van der Waals surface area contributed by atoms with E-state index in [4.69, 9.17) is 10.5 Å². The van der Waals surface area contributed by atoms with Crippen molar-refractivity contribution >= 4 is 5.78 Å². The lowest BCUT2D eigenvalue weighted by atomic mass is 10.0. The van der Waals surface area contributed by atoms with Crippen LogP contribution < -0.4 is 10.5 Å². The Morgan fingerprint density at radius 2 is 2.18 bits per heavy atom. The average molecular weight is 237 g/mol. The number of hydrogen-bond acceptors (Lipinski definition) is 4. The maximum absolute atomic E-state index is 11.1. The summed E-state index contributed by atoms with van der Waals surface area (Å²) in [4.78, 5) is 11.1. The van der Waals surface area contributed by atoms with Crippen molar-refractivity contribution in [3.63, 3.8) is 0 Å². The molecule has 1 atom stereocenters. The van der Waals surface area contributed by atoms with Crippen molar-refractivity contribution in [1.82, 2.24) is 0 Å². The summed E-state index contributed by atoms with van der Waals surface area (Å²) in [7, 11) is 1.59. The number of ether oxygens (including phenoxy) is 1. The molecule has 0 aliphatic heterocycles. The minimum Gasteiger partial charge on any atom is -0.497 e. The van der Waals surface area contributed by atoms with E-state index in [1.807, 2.05) is 19.1 Å². The molecule has 0 spiro atoms. The number of carbonyl (C=O) groups excluding carboxylic acids is 1. The highest BCUT2D eigenvalue weighted by atomic mass is 16.5. The molecular weight excluding hydrogens is 218 g/mol. The third kappa shape index (κ3) is 4.17. The molecule has 1 unspecified atom stereocenters. The summed E-state index contributed by atoms with van der Waals surface area (Å²) >= 11 is 0. The first-order chi connectivity index (χ1) is 8.06. The zero-order valence-electron chi connectivity index (χ0n) is 10.3. The summed E-state index contributed by atoms with van der Waals surface area (Å²) < 4.78 is 5.13. The second-order valence-corrected chi connectivity index (χ2v) is 4.08. The molecule has 1 aromatic rings. The standard InChI is InChI=1S/C13H19NO3/c1-9-5-10(7-12(6-9)17-2)13(16)4-3-11(15)8-14/h5-7,13,16H,3-4,8,14H2,1-2H3. The monoisotopic (exact) mass is 237 g/mol. The van der Waals surface area contributed by atoms with Gasteiger partial charge in [-0.2, -0.15) is 0 Å². The van der Waals surface area contributed by atoms with Crippen LogP contribution in [0, 0.1) is 6.92 Å². The van der Waals surface area contributed by atoms with Gasteiger partial charge in [-0.05, 0) is 36.6 Å². The van der Waals surface area contributed by atoms with Gasteiger partial charge in [-0.3, -0.25) is 4.79 Å². The molecule has 94 valence electrons. The van der Waals surface area contributed by atoms with E-state index in [0.717, 1.165) is 11.1 Å². The van der Waals surface area contributed by atoms with Gasteiger partial charge in [-0.15, -0.1) is 0 Å². The largest absolute Gasteiger partial charge is 0.497 e. The van der Waals surface area contributed by atoms with Crippen LogP contribution in [0.25, 0.3) is 0 Å². The number of Topliss-reactive ketones (excluding diaryl/α,β-unsaturated/α-hetero) is 1. The van der Waals surface area contributed by atoms with Crippen molar-refractivity contribution in [3.8, 4) is 5.75 Å². The second kappa shape index (κ2) is 6.37. The second-order valence-electron chi connectivity index (χ2n) is 4.08. The molecule has 0 saturated heterocycles. The molecule has 0 aliphatic rings. The van der Waals surface area contributed by atoms with Gasteiger partial charge in [0.15, 0.2) is 0 Å². The third-order valence-corrected chi connectivity index (χ3v) is 2.62. The molecule has 1 aromatic carbocycles. The highest BCUT2D eigenvalue weighted by Crippen LogP contribution is 2.24. The van der Waals surface area contributed by atoms with Gasteiger partial charge < -0.3 is 15.6 Å². The Bertz CT molecular complexity index is 390. The van der Waals surface area contributed by atoms with Crippen molar-refractivity contribution in [2.45, 2.75) is 25.9 Å². The fourth-order valence-electron chi connectivity index (χ4n) is 1.65. The minimum atomic E-state index is -0.653. The average Bonchev–Trinajstić information content (AvgIpc) is 2.34. The molecule has 3 N–H and O–H groups in total. The number of methoxy groups -OCH3 is 1. The lowest BCUT2D eigenvalue weighted by molar-refractivity contribution is -0.118.